The first-order valence-corrected chi connectivity index (χ1v) is 7.45. The Kier molecular flexibility index (Phi) is 5.37. The van der Waals surface area contributed by atoms with E-state index in [0.717, 1.165) is 23.6 Å². The fourth-order valence-corrected chi connectivity index (χ4v) is 2.57. The maximum absolute atomic E-state index is 13.3. The standard InChI is InChI=1S/C15H14BrFN4.ClH/c1-2-15-18-5-6-20(15)8-11-9-21(10-19-11)12-3-4-14(17)13(16)7-12;/h3-7,9-10H,2,8H2,1H3;1H. The van der Waals surface area contributed by atoms with E-state index >= 15 is 0 Å². The quantitative estimate of drug-likeness (QED) is 0.680. The third kappa shape index (κ3) is 3.39. The van der Waals surface area contributed by atoms with Crippen molar-refractivity contribution in [2.75, 3.05) is 0 Å². The number of hydrogen-bond acceptors (Lipinski definition) is 2. The third-order valence-corrected chi connectivity index (χ3v) is 3.90. The van der Waals surface area contributed by atoms with E-state index in [9.17, 15) is 4.39 Å². The van der Waals surface area contributed by atoms with E-state index in [4.69, 9.17) is 0 Å². The summed E-state index contributed by atoms with van der Waals surface area (Å²) in [4.78, 5) is 8.70. The van der Waals surface area contributed by atoms with Gasteiger partial charge in [-0.25, -0.2) is 14.4 Å². The molecule has 3 rings (SSSR count). The van der Waals surface area contributed by atoms with Crippen molar-refractivity contribution in [3.63, 3.8) is 0 Å². The molecule has 0 unspecified atom stereocenters. The molecule has 116 valence electrons. The molecule has 0 fully saturated rings. The molecule has 0 atom stereocenters. The Bertz CT molecular complexity index is 769. The largest absolute Gasteiger partial charge is 0.329 e. The predicted octanol–water partition coefficient (Wildman–Crippen LogP) is 4.00. The van der Waals surface area contributed by atoms with Gasteiger partial charge < -0.3 is 9.13 Å². The van der Waals surface area contributed by atoms with Crippen LogP contribution in [0.15, 0.2) is 47.6 Å². The van der Waals surface area contributed by atoms with Gasteiger partial charge in [0.05, 0.1) is 23.0 Å². The summed E-state index contributed by atoms with van der Waals surface area (Å²) in [6, 6.07) is 4.89. The Morgan fingerprint density at radius 2 is 2.09 bits per heavy atom. The van der Waals surface area contributed by atoms with Gasteiger partial charge in [0.2, 0.25) is 0 Å². The maximum atomic E-state index is 13.3. The molecule has 0 aliphatic rings. The van der Waals surface area contributed by atoms with Crippen LogP contribution in [0.5, 0.6) is 0 Å². The van der Waals surface area contributed by atoms with Gasteiger partial charge >= 0.3 is 0 Å². The second-order valence-corrected chi connectivity index (χ2v) is 5.55. The second kappa shape index (κ2) is 7.07. The van der Waals surface area contributed by atoms with Crippen molar-refractivity contribution in [1.29, 1.82) is 0 Å². The Morgan fingerprint density at radius 1 is 1.27 bits per heavy atom. The molecule has 0 spiro atoms. The van der Waals surface area contributed by atoms with Gasteiger partial charge in [0.25, 0.3) is 0 Å². The van der Waals surface area contributed by atoms with Crippen LogP contribution in [-0.2, 0) is 13.0 Å². The van der Waals surface area contributed by atoms with Crippen molar-refractivity contribution >= 4 is 28.3 Å². The maximum Gasteiger partial charge on any atom is 0.137 e. The van der Waals surface area contributed by atoms with Crippen molar-refractivity contribution in [3.8, 4) is 5.69 Å². The zero-order chi connectivity index (χ0) is 14.8. The molecule has 0 bridgehead atoms. The van der Waals surface area contributed by atoms with Crippen molar-refractivity contribution in [2.45, 2.75) is 19.9 Å². The number of halogens is 3. The van der Waals surface area contributed by atoms with E-state index in [1.54, 1.807) is 24.7 Å². The van der Waals surface area contributed by atoms with Crippen molar-refractivity contribution in [3.05, 3.63) is 64.9 Å². The van der Waals surface area contributed by atoms with E-state index in [1.165, 1.54) is 6.07 Å². The summed E-state index contributed by atoms with van der Waals surface area (Å²) in [5.41, 5.74) is 1.80. The highest BCUT2D eigenvalue weighted by Crippen LogP contribution is 2.19. The van der Waals surface area contributed by atoms with E-state index in [0.29, 0.717) is 11.0 Å². The first-order chi connectivity index (χ1) is 10.2. The van der Waals surface area contributed by atoms with E-state index in [1.807, 2.05) is 17.0 Å². The smallest absolute Gasteiger partial charge is 0.137 e. The molecule has 1 aromatic carbocycles. The van der Waals surface area contributed by atoms with Crippen LogP contribution in [0, 0.1) is 5.82 Å². The minimum absolute atomic E-state index is 0. The molecule has 0 saturated carbocycles. The summed E-state index contributed by atoms with van der Waals surface area (Å²) < 4.78 is 17.7. The summed E-state index contributed by atoms with van der Waals surface area (Å²) in [5.74, 6) is 0.763. The van der Waals surface area contributed by atoms with Crippen molar-refractivity contribution in [2.24, 2.45) is 0 Å². The lowest BCUT2D eigenvalue weighted by Gasteiger charge is -2.04. The van der Waals surface area contributed by atoms with Crippen LogP contribution in [0.2, 0.25) is 0 Å². The Balaban J connectivity index is 0.00000176. The lowest BCUT2D eigenvalue weighted by Crippen LogP contribution is -2.03. The molecule has 0 saturated heterocycles. The highest BCUT2D eigenvalue weighted by Gasteiger charge is 2.06. The predicted molar refractivity (Wildman–Crippen MR) is 89.2 cm³/mol. The summed E-state index contributed by atoms with van der Waals surface area (Å²) in [7, 11) is 0. The van der Waals surface area contributed by atoms with Gasteiger partial charge in [-0.2, -0.15) is 0 Å². The number of rotatable bonds is 4. The van der Waals surface area contributed by atoms with E-state index < -0.39 is 0 Å². The zero-order valence-corrected chi connectivity index (χ0v) is 14.3. The average Bonchev–Trinajstić information content (AvgIpc) is 3.11. The molecule has 0 amide bonds. The first-order valence-electron chi connectivity index (χ1n) is 6.65. The van der Waals surface area contributed by atoms with Crippen LogP contribution >= 0.6 is 28.3 Å². The SMILES string of the molecule is CCc1nccn1Cc1cn(-c2ccc(F)c(Br)c2)cn1.Cl. The van der Waals surface area contributed by atoms with Gasteiger partial charge in [-0.15, -0.1) is 12.4 Å². The molecule has 4 nitrogen and oxygen atoms in total. The summed E-state index contributed by atoms with van der Waals surface area (Å²) >= 11 is 3.20. The number of imidazole rings is 2. The Morgan fingerprint density at radius 3 is 2.82 bits per heavy atom. The van der Waals surface area contributed by atoms with Gasteiger partial charge in [-0.3, -0.25) is 0 Å². The van der Waals surface area contributed by atoms with E-state index in [2.05, 4.69) is 37.4 Å². The Hall–Kier alpha value is -1.66. The molecule has 0 radical (unpaired) electrons. The zero-order valence-electron chi connectivity index (χ0n) is 11.9. The fourth-order valence-electron chi connectivity index (χ4n) is 2.20. The molecule has 2 heterocycles. The molecule has 0 N–H and O–H groups in total. The average molecular weight is 386 g/mol. The number of benzene rings is 1. The lowest BCUT2D eigenvalue weighted by molar-refractivity contribution is 0.620. The van der Waals surface area contributed by atoms with Gasteiger partial charge in [0.15, 0.2) is 0 Å². The topological polar surface area (TPSA) is 35.6 Å². The van der Waals surface area contributed by atoms with Gasteiger partial charge in [-0.1, -0.05) is 6.92 Å². The molecular formula is C15H15BrClFN4. The van der Waals surface area contributed by atoms with Gasteiger partial charge in [0, 0.05) is 30.7 Å². The van der Waals surface area contributed by atoms with Gasteiger partial charge in [0.1, 0.15) is 11.6 Å². The van der Waals surface area contributed by atoms with Crippen LogP contribution in [0.25, 0.3) is 5.69 Å². The summed E-state index contributed by atoms with van der Waals surface area (Å²) in [6.07, 6.45) is 8.31. The number of aromatic nitrogens is 4. The van der Waals surface area contributed by atoms with Gasteiger partial charge in [-0.05, 0) is 34.1 Å². The first kappa shape index (κ1) is 16.7. The highest BCUT2D eigenvalue weighted by atomic mass is 79.9. The Labute approximate surface area is 142 Å². The molecule has 2 aromatic heterocycles. The molecule has 0 aliphatic heterocycles. The minimum Gasteiger partial charge on any atom is -0.329 e. The normalized spacial score (nSPS) is 10.5. The number of aryl methyl sites for hydroxylation is 1. The van der Waals surface area contributed by atoms with Crippen LogP contribution in [-0.4, -0.2) is 19.1 Å². The van der Waals surface area contributed by atoms with Crippen LogP contribution in [0.4, 0.5) is 4.39 Å². The molecule has 22 heavy (non-hydrogen) atoms. The molecule has 0 aliphatic carbocycles. The second-order valence-electron chi connectivity index (χ2n) is 4.70. The van der Waals surface area contributed by atoms with Crippen LogP contribution < -0.4 is 0 Å². The van der Waals surface area contributed by atoms with Crippen LogP contribution in [0.1, 0.15) is 18.4 Å². The minimum atomic E-state index is -0.273. The third-order valence-electron chi connectivity index (χ3n) is 3.29. The van der Waals surface area contributed by atoms with Crippen LogP contribution in [0.3, 0.4) is 0 Å². The summed E-state index contributed by atoms with van der Waals surface area (Å²) in [5, 5.41) is 0. The highest BCUT2D eigenvalue weighted by molar-refractivity contribution is 9.10. The van der Waals surface area contributed by atoms with Crippen molar-refractivity contribution in [1.82, 2.24) is 19.1 Å². The number of hydrogen-bond donors (Lipinski definition) is 0. The monoisotopic (exact) mass is 384 g/mol. The number of nitrogens with zero attached hydrogens (tertiary/aromatic N) is 4. The molecule has 3 aromatic rings. The molecular weight excluding hydrogens is 371 g/mol. The molecule has 7 heteroatoms. The lowest BCUT2D eigenvalue weighted by atomic mass is 10.3. The fraction of sp³-hybridized carbons (Fsp3) is 0.200. The van der Waals surface area contributed by atoms with E-state index in [-0.39, 0.29) is 18.2 Å². The summed E-state index contributed by atoms with van der Waals surface area (Å²) in [6.45, 7) is 2.76. The van der Waals surface area contributed by atoms with Crippen molar-refractivity contribution < 1.29 is 4.39 Å².